The van der Waals surface area contributed by atoms with E-state index in [0.29, 0.717) is 18.3 Å². The molecule has 0 aliphatic heterocycles. The number of amides is 1. The predicted molar refractivity (Wildman–Crippen MR) is 79.3 cm³/mol. The fraction of sp³-hybridized carbons (Fsp3) is 0.231. The number of anilines is 1. The first kappa shape index (κ1) is 18.4. The number of pyridine rings is 1. The van der Waals surface area contributed by atoms with Gasteiger partial charge >= 0.3 is 6.18 Å². The van der Waals surface area contributed by atoms with Gasteiger partial charge in [-0.1, -0.05) is 6.07 Å². The summed E-state index contributed by atoms with van der Waals surface area (Å²) in [5.74, 6) is -1.71. The molecule has 11 heteroatoms. The van der Waals surface area contributed by atoms with Crippen LogP contribution in [0.2, 0.25) is 0 Å². The highest BCUT2D eigenvalue weighted by Crippen LogP contribution is 2.34. The van der Waals surface area contributed by atoms with Gasteiger partial charge in [0.25, 0.3) is 5.91 Å². The summed E-state index contributed by atoms with van der Waals surface area (Å²) < 4.78 is 62.2. The molecule has 2 N–H and O–H groups in total. The van der Waals surface area contributed by atoms with Gasteiger partial charge in [-0.05, 0) is 31.2 Å². The second-order valence-corrected chi connectivity index (χ2v) is 8.02. The van der Waals surface area contributed by atoms with Crippen molar-refractivity contribution in [2.24, 2.45) is 0 Å². The molecule has 2 heterocycles. The molecular formula is C13H11F3N2O4S2. The molecule has 0 aliphatic rings. The first-order valence-corrected chi connectivity index (χ1v) is 8.63. The van der Waals surface area contributed by atoms with Gasteiger partial charge in [0.1, 0.15) is 4.21 Å². The van der Waals surface area contributed by atoms with E-state index in [1.807, 2.05) is 5.32 Å². The van der Waals surface area contributed by atoms with Crippen LogP contribution in [0.3, 0.4) is 0 Å². The van der Waals surface area contributed by atoms with E-state index in [4.69, 9.17) is 0 Å². The summed E-state index contributed by atoms with van der Waals surface area (Å²) in [6, 6.07) is 6.52. The number of thiophene rings is 1. The smallest absolute Gasteiger partial charge is 0.373 e. The van der Waals surface area contributed by atoms with Gasteiger partial charge in [-0.25, -0.2) is 13.4 Å². The third-order valence-electron chi connectivity index (χ3n) is 2.99. The SMILES string of the molecule is CC(O)(C(=O)Nc1ccc(S(=O)(=O)c2ccccn2)s1)C(F)(F)F. The lowest BCUT2D eigenvalue weighted by atomic mass is 10.1. The van der Waals surface area contributed by atoms with Crippen LogP contribution < -0.4 is 5.32 Å². The number of hydrogen-bond acceptors (Lipinski definition) is 6. The predicted octanol–water partition coefficient (Wildman–Crippen LogP) is 2.23. The van der Waals surface area contributed by atoms with Gasteiger partial charge in [-0.15, -0.1) is 11.3 Å². The summed E-state index contributed by atoms with van der Waals surface area (Å²) in [7, 11) is -3.95. The normalized spacial score (nSPS) is 14.9. The third kappa shape index (κ3) is 3.42. The van der Waals surface area contributed by atoms with Crippen LogP contribution in [0.5, 0.6) is 0 Å². The van der Waals surface area contributed by atoms with E-state index in [1.54, 1.807) is 0 Å². The first-order chi connectivity index (χ1) is 11.0. The minimum absolute atomic E-state index is 0.154. The molecule has 0 saturated heterocycles. The Morgan fingerprint density at radius 2 is 1.92 bits per heavy atom. The number of nitrogens with one attached hydrogen (secondary N) is 1. The maximum absolute atomic E-state index is 12.6. The van der Waals surface area contributed by atoms with E-state index >= 15 is 0 Å². The van der Waals surface area contributed by atoms with Gasteiger partial charge in [-0.3, -0.25) is 4.79 Å². The fourth-order valence-electron chi connectivity index (χ4n) is 1.50. The van der Waals surface area contributed by atoms with E-state index in [9.17, 15) is 31.5 Å². The Morgan fingerprint density at radius 3 is 2.46 bits per heavy atom. The molecule has 0 aromatic carbocycles. The second-order valence-electron chi connectivity index (χ2n) is 4.81. The number of aromatic nitrogens is 1. The number of sulfone groups is 1. The topological polar surface area (TPSA) is 96.4 Å². The number of carbonyl (C=O) groups is 1. The minimum atomic E-state index is -5.17. The molecule has 130 valence electrons. The van der Waals surface area contributed by atoms with Crippen molar-refractivity contribution in [1.82, 2.24) is 4.98 Å². The average molecular weight is 380 g/mol. The molecule has 0 spiro atoms. The van der Waals surface area contributed by atoms with Crippen molar-refractivity contribution in [2.45, 2.75) is 27.9 Å². The van der Waals surface area contributed by atoms with Crippen molar-refractivity contribution >= 4 is 32.1 Å². The van der Waals surface area contributed by atoms with Gasteiger partial charge in [0.05, 0.1) is 5.00 Å². The highest BCUT2D eigenvalue weighted by Gasteiger charge is 2.55. The zero-order valence-corrected chi connectivity index (χ0v) is 13.7. The molecule has 1 amide bonds. The Bertz CT molecular complexity index is 846. The van der Waals surface area contributed by atoms with E-state index in [2.05, 4.69) is 4.98 Å². The van der Waals surface area contributed by atoms with Crippen LogP contribution in [0.25, 0.3) is 0 Å². The van der Waals surface area contributed by atoms with E-state index in [-0.39, 0.29) is 14.2 Å². The van der Waals surface area contributed by atoms with E-state index in [1.165, 1.54) is 24.4 Å². The van der Waals surface area contributed by atoms with Crippen molar-refractivity contribution in [3.05, 3.63) is 36.5 Å². The highest BCUT2D eigenvalue weighted by molar-refractivity contribution is 7.93. The van der Waals surface area contributed by atoms with Crippen LogP contribution in [0, 0.1) is 0 Å². The maximum Gasteiger partial charge on any atom is 0.426 e. The van der Waals surface area contributed by atoms with Crippen LogP contribution in [0.15, 0.2) is 45.8 Å². The Labute approximate surface area is 138 Å². The molecule has 0 bridgehead atoms. The van der Waals surface area contributed by atoms with E-state index in [0.717, 1.165) is 12.1 Å². The molecule has 0 saturated carbocycles. The largest absolute Gasteiger partial charge is 0.426 e. The molecule has 2 aromatic rings. The van der Waals surface area contributed by atoms with Gasteiger partial charge in [0.2, 0.25) is 15.4 Å². The van der Waals surface area contributed by atoms with Crippen LogP contribution in [0.4, 0.5) is 18.2 Å². The number of nitrogens with zero attached hydrogens (tertiary/aromatic N) is 1. The molecule has 6 nitrogen and oxygen atoms in total. The van der Waals surface area contributed by atoms with Crippen LogP contribution in [0.1, 0.15) is 6.92 Å². The number of rotatable bonds is 4. The van der Waals surface area contributed by atoms with Gasteiger partial charge in [0.15, 0.2) is 5.03 Å². The molecule has 2 aromatic heterocycles. The summed E-state index contributed by atoms with van der Waals surface area (Å²) in [6.07, 6.45) is -3.89. The van der Waals surface area contributed by atoms with Crippen molar-refractivity contribution in [3.8, 4) is 0 Å². The highest BCUT2D eigenvalue weighted by atomic mass is 32.2. The molecule has 0 radical (unpaired) electrons. The molecule has 2 rings (SSSR count). The maximum atomic E-state index is 12.6. The first-order valence-electron chi connectivity index (χ1n) is 6.33. The summed E-state index contributed by atoms with van der Waals surface area (Å²) in [4.78, 5) is 15.3. The van der Waals surface area contributed by atoms with Gasteiger partial charge in [0, 0.05) is 6.20 Å². The summed E-state index contributed by atoms with van der Waals surface area (Å²) in [5, 5.41) is 10.7. The summed E-state index contributed by atoms with van der Waals surface area (Å²) in [5.41, 5.74) is -3.60. The fourth-order valence-corrected chi connectivity index (χ4v) is 4.01. The van der Waals surface area contributed by atoms with Gasteiger partial charge < -0.3 is 10.4 Å². The number of aliphatic hydroxyl groups is 1. The minimum Gasteiger partial charge on any atom is -0.373 e. The van der Waals surface area contributed by atoms with Gasteiger partial charge in [-0.2, -0.15) is 13.2 Å². The zero-order chi connectivity index (χ0) is 18.2. The number of halogens is 3. The van der Waals surface area contributed by atoms with Crippen molar-refractivity contribution < 1.29 is 31.5 Å². The third-order valence-corrected chi connectivity index (χ3v) is 6.15. The molecule has 0 fully saturated rings. The number of alkyl halides is 3. The van der Waals surface area contributed by atoms with Crippen LogP contribution in [-0.4, -0.2) is 36.2 Å². The second kappa shape index (κ2) is 6.15. The number of hydrogen-bond donors (Lipinski definition) is 2. The quantitative estimate of drug-likeness (QED) is 0.848. The average Bonchev–Trinajstić information content (AvgIpc) is 2.96. The van der Waals surface area contributed by atoms with Crippen LogP contribution >= 0.6 is 11.3 Å². The Morgan fingerprint density at radius 1 is 1.25 bits per heavy atom. The van der Waals surface area contributed by atoms with E-state index < -0.39 is 27.5 Å². The molecule has 1 atom stereocenters. The van der Waals surface area contributed by atoms with Crippen molar-refractivity contribution in [1.29, 1.82) is 0 Å². The lowest BCUT2D eigenvalue weighted by Crippen LogP contribution is -2.52. The monoisotopic (exact) mass is 380 g/mol. The summed E-state index contributed by atoms with van der Waals surface area (Å²) in [6.45, 7) is 0.307. The molecule has 24 heavy (non-hydrogen) atoms. The van der Waals surface area contributed by atoms with Crippen molar-refractivity contribution in [3.63, 3.8) is 0 Å². The lowest BCUT2D eigenvalue weighted by molar-refractivity contribution is -0.242. The molecule has 0 aliphatic carbocycles. The van der Waals surface area contributed by atoms with Crippen LogP contribution in [-0.2, 0) is 14.6 Å². The standard InChI is InChI=1S/C13H11F3N2O4S2/c1-12(20,13(14,15)16)11(19)18-8-5-6-10(23-8)24(21,22)9-4-2-3-7-17-9/h2-7,20H,1H3,(H,18,19). The van der Waals surface area contributed by atoms with Crippen molar-refractivity contribution in [2.75, 3.05) is 5.32 Å². The zero-order valence-electron chi connectivity index (χ0n) is 12.0. The Hall–Kier alpha value is -1.98. The lowest BCUT2D eigenvalue weighted by Gasteiger charge is -2.24. The Kier molecular flexibility index (Phi) is 4.70. The molecule has 1 unspecified atom stereocenters. The molecular weight excluding hydrogens is 369 g/mol. The number of carbonyl (C=O) groups excluding carboxylic acids is 1. The Balaban J connectivity index is 2.25. The summed E-state index contributed by atoms with van der Waals surface area (Å²) >= 11 is 0.551.